The zero-order chi connectivity index (χ0) is 13.8. The number of hydrogen-bond donors (Lipinski definition) is 0. The monoisotopic (exact) mass is 286 g/mol. The van der Waals surface area contributed by atoms with Crippen LogP contribution in [0.2, 0.25) is 0 Å². The van der Waals surface area contributed by atoms with Crippen LogP contribution in [-0.4, -0.2) is 27.4 Å². The SMILES string of the molecule is O=S(=O)(Cc1ccccc1)OCC(F)(F)C(F)F. The summed E-state index contributed by atoms with van der Waals surface area (Å²) >= 11 is 0. The molecule has 8 heteroatoms. The molecule has 0 atom stereocenters. The molecule has 1 aromatic rings. The Morgan fingerprint density at radius 1 is 1.17 bits per heavy atom. The molecule has 1 aromatic carbocycles. The first-order chi connectivity index (χ1) is 8.23. The highest BCUT2D eigenvalue weighted by Crippen LogP contribution is 2.24. The topological polar surface area (TPSA) is 43.4 Å². The van der Waals surface area contributed by atoms with Crippen LogP contribution in [0.1, 0.15) is 5.56 Å². The summed E-state index contributed by atoms with van der Waals surface area (Å²) in [5, 5.41) is 0. The molecule has 0 radical (unpaired) electrons. The molecule has 18 heavy (non-hydrogen) atoms. The van der Waals surface area contributed by atoms with E-state index in [1.54, 1.807) is 18.2 Å². The summed E-state index contributed by atoms with van der Waals surface area (Å²) in [5.74, 6) is -5.13. The first-order valence-corrected chi connectivity index (χ1v) is 6.38. The van der Waals surface area contributed by atoms with E-state index in [1.165, 1.54) is 12.1 Å². The predicted molar refractivity (Wildman–Crippen MR) is 56.0 cm³/mol. The third kappa shape index (κ3) is 4.61. The van der Waals surface area contributed by atoms with Gasteiger partial charge in [0.05, 0.1) is 0 Å². The van der Waals surface area contributed by atoms with Crippen molar-refractivity contribution >= 4 is 10.1 Å². The smallest absolute Gasteiger partial charge is 0.263 e. The zero-order valence-electron chi connectivity index (χ0n) is 9.02. The molecular formula is C10H10F4O3S. The lowest BCUT2D eigenvalue weighted by molar-refractivity contribution is -0.147. The normalized spacial score (nSPS) is 12.9. The van der Waals surface area contributed by atoms with Crippen LogP contribution in [-0.2, 0) is 20.1 Å². The molecule has 0 fully saturated rings. The molecule has 0 spiro atoms. The quantitative estimate of drug-likeness (QED) is 0.596. The molecule has 0 saturated carbocycles. The maximum absolute atomic E-state index is 12.5. The van der Waals surface area contributed by atoms with Gasteiger partial charge in [-0.25, -0.2) is 8.78 Å². The Hall–Kier alpha value is -1.15. The second-order valence-corrected chi connectivity index (χ2v) is 5.15. The minimum atomic E-state index is -4.48. The van der Waals surface area contributed by atoms with Crippen LogP contribution < -0.4 is 0 Å². The summed E-state index contributed by atoms with van der Waals surface area (Å²) in [6, 6.07) is 7.65. The molecule has 0 saturated heterocycles. The average molecular weight is 286 g/mol. The van der Waals surface area contributed by atoms with Crippen molar-refractivity contribution in [2.45, 2.75) is 18.1 Å². The summed E-state index contributed by atoms with van der Waals surface area (Å²) in [7, 11) is -4.31. The molecular weight excluding hydrogens is 276 g/mol. The number of hydrogen-bond acceptors (Lipinski definition) is 3. The van der Waals surface area contributed by atoms with E-state index in [4.69, 9.17) is 0 Å². The fourth-order valence-electron chi connectivity index (χ4n) is 1.05. The lowest BCUT2D eigenvalue weighted by Crippen LogP contribution is -2.33. The number of alkyl halides is 4. The molecule has 0 heterocycles. The van der Waals surface area contributed by atoms with Crippen molar-refractivity contribution in [2.75, 3.05) is 6.61 Å². The van der Waals surface area contributed by atoms with Crippen molar-refractivity contribution in [3.63, 3.8) is 0 Å². The van der Waals surface area contributed by atoms with Crippen LogP contribution in [0.3, 0.4) is 0 Å². The number of benzene rings is 1. The van der Waals surface area contributed by atoms with E-state index in [2.05, 4.69) is 4.18 Å². The van der Waals surface area contributed by atoms with E-state index in [9.17, 15) is 26.0 Å². The third-order valence-corrected chi connectivity index (χ3v) is 3.10. The molecule has 102 valence electrons. The van der Waals surface area contributed by atoms with Crippen molar-refractivity contribution in [3.8, 4) is 0 Å². The average Bonchev–Trinajstić information content (AvgIpc) is 2.27. The molecule has 0 N–H and O–H groups in total. The Balaban J connectivity index is 2.62. The lowest BCUT2D eigenvalue weighted by atomic mass is 10.2. The summed E-state index contributed by atoms with van der Waals surface area (Å²) in [6.45, 7) is -1.86. The Labute approximate surface area is 102 Å². The minimum Gasteiger partial charge on any atom is -0.263 e. The van der Waals surface area contributed by atoms with Crippen molar-refractivity contribution in [3.05, 3.63) is 35.9 Å². The number of halogens is 4. The van der Waals surface area contributed by atoms with E-state index in [0.29, 0.717) is 5.56 Å². The van der Waals surface area contributed by atoms with Gasteiger partial charge < -0.3 is 0 Å². The van der Waals surface area contributed by atoms with Gasteiger partial charge in [-0.2, -0.15) is 17.2 Å². The first-order valence-electron chi connectivity index (χ1n) is 4.80. The fraction of sp³-hybridized carbons (Fsp3) is 0.400. The molecule has 1 rings (SSSR count). The summed E-state index contributed by atoms with van der Waals surface area (Å²) in [6.07, 6.45) is -3.97. The molecule has 0 aromatic heterocycles. The van der Waals surface area contributed by atoms with Gasteiger partial charge in [0.25, 0.3) is 10.1 Å². The Bertz CT molecular complexity index is 473. The second-order valence-electron chi connectivity index (χ2n) is 3.51. The lowest BCUT2D eigenvalue weighted by Gasteiger charge is -2.14. The van der Waals surface area contributed by atoms with Crippen molar-refractivity contribution in [2.24, 2.45) is 0 Å². The highest BCUT2D eigenvalue weighted by molar-refractivity contribution is 7.85. The largest absolute Gasteiger partial charge is 0.331 e. The second kappa shape index (κ2) is 5.66. The molecule has 0 amide bonds. The third-order valence-electron chi connectivity index (χ3n) is 1.94. The maximum Gasteiger partial charge on any atom is 0.331 e. The van der Waals surface area contributed by atoms with Crippen molar-refractivity contribution in [1.82, 2.24) is 0 Å². The Kier molecular flexibility index (Phi) is 4.69. The van der Waals surface area contributed by atoms with Crippen molar-refractivity contribution in [1.29, 1.82) is 0 Å². The van der Waals surface area contributed by atoms with Gasteiger partial charge in [0.15, 0.2) is 0 Å². The van der Waals surface area contributed by atoms with Gasteiger partial charge in [-0.3, -0.25) is 4.18 Å². The Morgan fingerprint density at radius 2 is 1.72 bits per heavy atom. The molecule has 0 aliphatic rings. The molecule has 0 bridgehead atoms. The molecule has 0 aliphatic heterocycles. The van der Waals surface area contributed by atoms with E-state index in [0.717, 1.165) is 0 Å². The van der Waals surface area contributed by atoms with Crippen LogP contribution in [0, 0.1) is 0 Å². The fourth-order valence-corrected chi connectivity index (χ4v) is 2.07. The van der Waals surface area contributed by atoms with Crippen LogP contribution >= 0.6 is 0 Å². The van der Waals surface area contributed by atoms with E-state index >= 15 is 0 Å². The summed E-state index contributed by atoms with van der Waals surface area (Å²) < 4.78 is 75.0. The van der Waals surface area contributed by atoms with Gasteiger partial charge in [0.2, 0.25) is 0 Å². The Morgan fingerprint density at radius 3 is 2.22 bits per heavy atom. The van der Waals surface area contributed by atoms with Crippen LogP contribution in [0.5, 0.6) is 0 Å². The van der Waals surface area contributed by atoms with Gasteiger partial charge >= 0.3 is 12.3 Å². The van der Waals surface area contributed by atoms with Crippen LogP contribution in [0.15, 0.2) is 30.3 Å². The van der Waals surface area contributed by atoms with Gasteiger partial charge in [0.1, 0.15) is 12.4 Å². The van der Waals surface area contributed by atoms with Gasteiger partial charge in [0, 0.05) is 0 Å². The molecule has 0 aliphatic carbocycles. The number of rotatable bonds is 6. The molecule has 0 unspecified atom stereocenters. The predicted octanol–water partition coefficient (Wildman–Crippen LogP) is 2.43. The van der Waals surface area contributed by atoms with Crippen molar-refractivity contribution < 1.29 is 30.2 Å². The minimum absolute atomic E-state index is 0.317. The van der Waals surface area contributed by atoms with Crippen LogP contribution in [0.4, 0.5) is 17.6 Å². The summed E-state index contributed by atoms with van der Waals surface area (Å²) in [5.41, 5.74) is 0.317. The van der Waals surface area contributed by atoms with E-state index in [-0.39, 0.29) is 0 Å². The first kappa shape index (κ1) is 14.9. The standard InChI is InChI=1S/C10H10F4O3S/c11-9(12)10(13,14)7-17-18(15,16)6-8-4-2-1-3-5-8/h1-5,9H,6-7H2. The van der Waals surface area contributed by atoms with E-state index < -0.39 is 34.8 Å². The van der Waals surface area contributed by atoms with Gasteiger partial charge in [-0.1, -0.05) is 30.3 Å². The zero-order valence-corrected chi connectivity index (χ0v) is 9.84. The highest BCUT2D eigenvalue weighted by atomic mass is 32.2. The highest BCUT2D eigenvalue weighted by Gasteiger charge is 2.42. The molecule has 3 nitrogen and oxygen atoms in total. The van der Waals surface area contributed by atoms with Gasteiger partial charge in [-0.15, -0.1) is 0 Å². The van der Waals surface area contributed by atoms with Crippen LogP contribution in [0.25, 0.3) is 0 Å². The maximum atomic E-state index is 12.5. The van der Waals surface area contributed by atoms with E-state index in [1.807, 2.05) is 0 Å². The van der Waals surface area contributed by atoms with Gasteiger partial charge in [-0.05, 0) is 5.56 Å². The summed E-state index contributed by atoms with van der Waals surface area (Å²) in [4.78, 5) is 0.